The fraction of sp³-hybridized carbons (Fsp3) is 0.364. The van der Waals surface area contributed by atoms with E-state index in [1.54, 1.807) is 18.2 Å². The van der Waals surface area contributed by atoms with Crippen LogP contribution in [0.2, 0.25) is 5.02 Å². The largest absolute Gasteiger partial charge is 0.454 e. The second kappa shape index (κ2) is 8.83. The molecule has 0 aromatic heterocycles. The third-order valence-electron chi connectivity index (χ3n) is 5.43. The molecule has 7 nitrogen and oxygen atoms in total. The summed E-state index contributed by atoms with van der Waals surface area (Å²) in [5.74, 6) is 0.973. The summed E-state index contributed by atoms with van der Waals surface area (Å²) in [6.07, 6.45) is 0.996. The first kappa shape index (κ1) is 20.3. The number of carbonyl (C=O) groups excluding carboxylic acids is 2. The molecule has 0 bridgehead atoms. The van der Waals surface area contributed by atoms with Gasteiger partial charge < -0.3 is 25.0 Å². The molecule has 1 atom stereocenters. The van der Waals surface area contributed by atoms with Crippen LogP contribution in [0.25, 0.3) is 0 Å². The van der Waals surface area contributed by atoms with Crippen LogP contribution in [0.4, 0.5) is 5.69 Å². The third-order valence-corrected chi connectivity index (χ3v) is 5.66. The molecule has 0 radical (unpaired) electrons. The van der Waals surface area contributed by atoms with E-state index in [1.165, 1.54) is 5.56 Å². The number of hydrogen-bond donors (Lipinski definition) is 2. The van der Waals surface area contributed by atoms with Crippen LogP contribution in [0, 0.1) is 12.8 Å². The Morgan fingerprint density at radius 1 is 1.13 bits per heavy atom. The monoisotopic (exact) mass is 429 g/mol. The van der Waals surface area contributed by atoms with Crippen molar-refractivity contribution < 1.29 is 19.1 Å². The molecular formula is C22H24ClN3O4. The summed E-state index contributed by atoms with van der Waals surface area (Å²) < 4.78 is 10.5. The summed E-state index contributed by atoms with van der Waals surface area (Å²) in [5.41, 5.74) is 2.76. The fourth-order valence-corrected chi connectivity index (χ4v) is 3.93. The molecule has 30 heavy (non-hydrogen) atoms. The number of rotatable bonds is 6. The Hall–Kier alpha value is -2.93. The smallest absolute Gasteiger partial charge is 0.251 e. The lowest BCUT2D eigenvalue weighted by Crippen LogP contribution is -2.39. The number of benzene rings is 2. The topological polar surface area (TPSA) is 79.9 Å². The van der Waals surface area contributed by atoms with Crippen LogP contribution < -0.4 is 25.0 Å². The molecule has 2 aromatic carbocycles. The molecule has 1 unspecified atom stereocenters. The second-order valence-corrected chi connectivity index (χ2v) is 8.02. The Kier molecular flexibility index (Phi) is 5.99. The van der Waals surface area contributed by atoms with Crippen molar-refractivity contribution in [3.63, 3.8) is 0 Å². The summed E-state index contributed by atoms with van der Waals surface area (Å²) in [4.78, 5) is 26.7. The Balaban J connectivity index is 1.22. The van der Waals surface area contributed by atoms with Crippen LogP contribution in [0.15, 0.2) is 36.4 Å². The number of fused-ring (bicyclic) bond motifs is 1. The molecule has 2 N–H and O–H groups in total. The Labute approximate surface area is 180 Å². The van der Waals surface area contributed by atoms with Crippen LogP contribution in [0.5, 0.6) is 11.5 Å². The highest BCUT2D eigenvalue weighted by molar-refractivity contribution is 6.30. The Bertz CT molecular complexity index is 965. The van der Waals surface area contributed by atoms with Crippen LogP contribution in [0.1, 0.15) is 22.3 Å². The van der Waals surface area contributed by atoms with Crippen LogP contribution >= 0.6 is 11.6 Å². The van der Waals surface area contributed by atoms with Gasteiger partial charge in [0.25, 0.3) is 5.91 Å². The lowest BCUT2D eigenvalue weighted by Gasteiger charge is -2.21. The quantitative estimate of drug-likeness (QED) is 0.738. The fourth-order valence-electron chi connectivity index (χ4n) is 3.76. The van der Waals surface area contributed by atoms with Gasteiger partial charge >= 0.3 is 0 Å². The normalized spacial score (nSPS) is 17.1. The van der Waals surface area contributed by atoms with Gasteiger partial charge in [0, 0.05) is 35.9 Å². The first-order valence-corrected chi connectivity index (χ1v) is 10.3. The lowest BCUT2D eigenvalue weighted by molar-refractivity contribution is -0.120. The van der Waals surface area contributed by atoms with E-state index in [0.717, 1.165) is 30.2 Å². The molecular weight excluding hydrogens is 406 g/mol. The van der Waals surface area contributed by atoms with Crippen molar-refractivity contribution in [2.45, 2.75) is 13.3 Å². The van der Waals surface area contributed by atoms with Crippen LogP contribution in [0.3, 0.4) is 0 Å². The van der Waals surface area contributed by atoms with E-state index in [4.69, 9.17) is 21.1 Å². The van der Waals surface area contributed by atoms with Gasteiger partial charge in [-0.2, -0.15) is 0 Å². The van der Waals surface area contributed by atoms with Gasteiger partial charge in [0.15, 0.2) is 11.5 Å². The number of halogens is 1. The predicted octanol–water partition coefficient (Wildman–Crippen LogP) is 2.75. The van der Waals surface area contributed by atoms with Gasteiger partial charge in [-0.15, -0.1) is 0 Å². The Morgan fingerprint density at radius 2 is 1.97 bits per heavy atom. The molecule has 2 heterocycles. The van der Waals surface area contributed by atoms with E-state index in [2.05, 4.69) is 22.5 Å². The summed E-state index contributed by atoms with van der Waals surface area (Å²) in [6, 6.07) is 10.8. The van der Waals surface area contributed by atoms with E-state index in [-0.39, 0.29) is 25.2 Å². The standard InChI is InChI=1S/C22H24ClN3O4/c1-14-2-4-17(23)9-18(14)26-7-6-15(12-26)10-24-21(27)11-25-22(28)16-3-5-19-20(8-16)30-13-29-19/h2-5,8-9,15H,6-7,10-13H2,1H3,(H,24,27)(H,25,28). The van der Waals surface area contributed by atoms with Crippen molar-refractivity contribution >= 4 is 29.1 Å². The SMILES string of the molecule is Cc1ccc(Cl)cc1N1CCC(CNC(=O)CNC(=O)c2ccc3c(c2)OCO3)C1. The van der Waals surface area contributed by atoms with E-state index < -0.39 is 0 Å². The number of amides is 2. The summed E-state index contributed by atoms with van der Waals surface area (Å²) in [6.45, 7) is 4.53. The highest BCUT2D eigenvalue weighted by atomic mass is 35.5. The van der Waals surface area contributed by atoms with Gasteiger partial charge in [-0.05, 0) is 55.2 Å². The zero-order valence-corrected chi connectivity index (χ0v) is 17.5. The summed E-state index contributed by atoms with van der Waals surface area (Å²) >= 11 is 6.14. The lowest BCUT2D eigenvalue weighted by atomic mass is 10.1. The van der Waals surface area contributed by atoms with Gasteiger partial charge in [-0.25, -0.2) is 0 Å². The number of carbonyl (C=O) groups is 2. The zero-order chi connectivity index (χ0) is 21.1. The van der Waals surface area contributed by atoms with Crippen molar-refractivity contribution in [3.05, 3.63) is 52.5 Å². The highest BCUT2D eigenvalue weighted by Gasteiger charge is 2.24. The predicted molar refractivity (Wildman–Crippen MR) is 114 cm³/mol. The average Bonchev–Trinajstić information content (AvgIpc) is 3.41. The van der Waals surface area contributed by atoms with E-state index in [9.17, 15) is 9.59 Å². The molecule has 0 aliphatic carbocycles. The summed E-state index contributed by atoms with van der Waals surface area (Å²) in [5, 5.41) is 6.29. The molecule has 1 fully saturated rings. The zero-order valence-electron chi connectivity index (χ0n) is 16.7. The molecule has 2 amide bonds. The van der Waals surface area contributed by atoms with Crippen LogP contribution in [-0.4, -0.2) is 44.8 Å². The first-order chi connectivity index (χ1) is 14.5. The average molecular weight is 430 g/mol. The first-order valence-electron chi connectivity index (χ1n) is 9.95. The van der Waals surface area contributed by atoms with Crippen molar-refractivity contribution in [2.24, 2.45) is 5.92 Å². The van der Waals surface area contributed by atoms with Gasteiger partial charge in [0.2, 0.25) is 12.7 Å². The van der Waals surface area contributed by atoms with Crippen molar-refractivity contribution in [1.82, 2.24) is 10.6 Å². The maximum Gasteiger partial charge on any atom is 0.251 e. The van der Waals surface area contributed by atoms with Gasteiger partial charge in [0.1, 0.15) is 0 Å². The van der Waals surface area contributed by atoms with Crippen molar-refractivity contribution in [2.75, 3.05) is 37.9 Å². The number of aryl methyl sites for hydroxylation is 1. The minimum Gasteiger partial charge on any atom is -0.454 e. The number of nitrogens with zero attached hydrogens (tertiary/aromatic N) is 1. The number of nitrogens with one attached hydrogen (secondary N) is 2. The van der Waals surface area contributed by atoms with Gasteiger partial charge in [-0.1, -0.05) is 17.7 Å². The number of ether oxygens (including phenoxy) is 2. The molecule has 2 aromatic rings. The van der Waals surface area contributed by atoms with Crippen molar-refractivity contribution in [1.29, 1.82) is 0 Å². The number of anilines is 1. The van der Waals surface area contributed by atoms with Gasteiger partial charge in [0.05, 0.1) is 6.54 Å². The molecule has 158 valence electrons. The maximum absolute atomic E-state index is 12.3. The van der Waals surface area contributed by atoms with Crippen molar-refractivity contribution in [3.8, 4) is 11.5 Å². The minimum atomic E-state index is -0.327. The minimum absolute atomic E-state index is 0.0723. The van der Waals surface area contributed by atoms with E-state index in [1.807, 2.05) is 18.2 Å². The molecule has 2 aliphatic heterocycles. The van der Waals surface area contributed by atoms with E-state index >= 15 is 0 Å². The molecule has 0 saturated carbocycles. The number of hydrogen-bond acceptors (Lipinski definition) is 5. The Morgan fingerprint density at radius 3 is 2.83 bits per heavy atom. The summed E-state index contributed by atoms with van der Waals surface area (Å²) in [7, 11) is 0. The van der Waals surface area contributed by atoms with Gasteiger partial charge in [-0.3, -0.25) is 9.59 Å². The molecule has 0 spiro atoms. The third kappa shape index (κ3) is 4.62. The van der Waals surface area contributed by atoms with E-state index in [0.29, 0.717) is 29.5 Å². The molecule has 4 rings (SSSR count). The molecule has 8 heteroatoms. The maximum atomic E-state index is 12.3. The highest BCUT2D eigenvalue weighted by Crippen LogP contribution is 2.32. The molecule has 1 saturated heterocycles. The second-order valence-electron chi connectivity index (χ2n) is 7.59. The molecule has 2 aliphatic rings. The van der Waals surface area contributed by atoms with Crippen LogP contribution in [-0.2, 0) is 4.79 Å².